The van der Waals surface area contributed by atoms with Crippen molar-refractivity contribution in [2.24, 2.45) is 5.73 Å². The number of nitrogens with two attached hydrogens (primary N) is 1. The number of ether oxygens (including phenoxy) is 1. The fraction of sp³-hybridized carbons (Fsp3) is 0.818. The maximum Gasteiger partial charge on any atom is 0.389 e. The standard InChI is InChI=1S/C11H16F3N3O2/c12-11(13,14)2-1-8-16-9(19-17-8)10(7-15)3-5-18-6-4-10/h1-7,15H2. The van der Waals surface area contributed by atoms with Crippen LogP contribution in [0.25, 0.3) is 0 Å². The van der Waals surface area contributed by atoms with Crippen molar-refractivity contribution in [3.63, 3.8) is 0 Å². The minimum absolute atomic E-state index is 0.0756. The highest BCUT2D eigenvalue weighted by Crippen LogP contribution is 2.33. The van der Waals surface area contributed by atoms with Gasteiger partial charge in [-0.25, -0.2) is 0 Å². The molecule has 0 spiro atoms. The van der Waals surface area contributed by atoms with E-state index in [-0.39, 0.29) is 12.2 Å². The molecule has 0 radical (unpaired) electrons. The average molecular weight is 279 g/mol. The molecule has 0 unspecified atom stereocenters. The van der Waals surface area contributed by atoms with Crippen LogP contribution in [0.5, 0.6) is 0 Å². The van der Waals surface area contributed by atoms with Crippen LogP contribution in [-0.2, 0) is 16.6 Å². The summed E-state index contributed by atoms with van der Waals surface area (Å²) >= 11 is 0. The van der Waals surface area contributed by atoms with Crippen LogP contribution in [0.4, 0.5) is 13.2 Å². The number of hydrogen-bond acceptors (Lipinski definition) is 5. The van der Waals surface area contributed by atoms with E-state index in [2.05, 4.69) is 10.1 Å². The second kappa shape index (κ2) is 5.46. The van der Waals surface area contributed by atoms with Crippen LogP contribution in [-0.4, -0.2) is 36.1 Å². The molecule has 2 heterocycles. The molecule has 1 aromatic rings. The van der Waals surface area contributed by atoms with Gasteiger partial charge in [-0.3, -0.25) is 0 Å². The van der Waals surface area contributed by atoms with E-state index in [4.69, 9.17) is 15.0 Å². The van der Waals surface area contributed by atoms with E-state index in [0.29, 0.717) is 38.5 Å². The molecular formula is C11H16F3N3O2. The Hall–Kier alpha value is -1.15. The molecule has 0 bridgehead atoms. The molecule has 19 heavy (non-hydrogen) atoms. The SMILES string of the molecule is NCC1(c2nc(CCC(F)(F)F)no2)CCOCC1. The topological polar surface area (TPSA) is 74.2 Å². The Morgan fingerprint density at radius 1 is 1.26 bits per heavy atom. The summed E-state index contributed by atoms with van der Waals surface area (Å²) in [6.07, 6.45) is -4.16. The van der Waals surface area contributed by atoms with E-state index in [1.165, 1.54) is 0 Å². The minimum Gasteiger partial charge on any atom is -0.381 e. The van der Waals surface area contributed by atoms with Gasteiger partial charge in [-0.15, -0.1) is 0 Å². The van der Waals surface area contributed by atoms with Gasteiger partial charge in [-0.1, -0.05) is 5.16 Å². The number of hydrogen-bond donors (Lipinski definition) is 1. The van der Waals surface area contributed by atoms with Crippen LogP contribution in [0.3, 0.4) is 0 Å². The molecule has 0 aromatic carbocycles. The summed E-state index contributed by atoms with van der Waals surface area (Å²) in [6, 6.07) is 0. The number of aryl methyl sites for hydroxylation is 1. The fourth-order valence-corrected chi connectivity index (χ4v) is 2.09. The van der Waals surface area contributed by atoms with E-state index < -0.39 is 18.0 Å². The van der Waals surface area contributed by atoms with Gasteiger partial charge >= 0.3 is 6.18 Å². The van der Waals surface area contributed by atoms with Crippen molar-refractivity contribution in [2.45, 2.75) is 37.3 Å². The van der Waals surface area contributed by atoms with Crippen LogP contribution in [0.1, 0.15) is 31.0 Å². The molecule has 1 aliphatic rings. The molecule has 1 saturated heterocycles. The minimum atomic E-state index is -4.22. The van der Waals surface area contributed by atoms with E-state index >= 15 is 0 Å². The van der Waals surface area contributed by atoms with Crippen molar-refractivity contribution in [3.8, 4) is 0 Å². The summed E-state index contributed by atoms with van der Waals surface area (Å²) in [4.78, 5) is 4.07. The largest absolute Gasteiger partial charge is 0.389 e. The van der Waals surface area contributed by atoms with Crippen molar-refractivity contribution < 1.29 is 22.4 Å². The van der Waals surface area contributed by atoms with Gasteiger partial charge in [-0.2, -0.15) is 18.2 Å². The summed E-state index contributed by atoms with van der Waals surface area (Å²) in [7, 11) is 0. The lowest BCUT2D eigenvalue weighted by molar-refractivity contribution is -0.134. The lowest BCUT2D eigenvalue weighted by Gasteiger charge is -2.32. The number of halogens is 3. The van der Waals surface area contributed by atoms with Crippen molar-refractivity contribution >= 4 is 0 Å². The molecule has 1 aromatic heterocycles. The van der Waals surface area contributed by atoms with E-state index in [9.17, 15) is 13.2 Å². The summed E-state index contributed by atoms with van der Waals surface area (Å²) in [6.45, 7) is 1.40. The Morgan fingerprint density at radius 3 is 2.53 bits per heavy atom. The van der Waals surface area contributed by atoms with Crippen molar-refractivity contribution in [1.82, 2.24) is 10.1 Å². The highest BCUT2D eigenvalue weighted by molar-refractivity contribution is 5.08. The lowest BCUT2D eigenvalue weighted by atomic mass is 9.80. The van der Waals surface area contributed by atoms with Crippen molar-refractivity contribution in [1.29, 1.82) is 0 Å². The van der Waals surface area contributed by atoms with E-state index in [0.717, 1.165) is 0 Å². The third-order valence-electron chi connectivity index (χ3n) is 3.39. The van der Waals surface area contributed by atoms with Gasteiger partial charge in [0.25, 0.3) is 0 Å². The summed E-state index contributed by atoms with van der Waals surface area (Å²) < 4.78 is 46.7. The second-order valence-electron chi connectivity index (χ2n) is 4.73. The average Bonchev–Trinajstić information content (AvgIpc) is 2.86. The normalized spacial score (nSPS) is 19.6. The highest BCUT2D eigenvalue weighted by Gasteiger charge is 2.39. The number of aromatic nitrogens is 2. The maximum atomic E-state index is 12.1. The zero-order valence-electron chi connectivity index (χ0n) is 10.4. The van der Waals surface area contributed by atoms with Crippen molar-refractivity contribution in [3.05, 3.63) is 11.7 Å². The zero-order valence-corrected chi connectivity index (χ0v) is 10.4. The van der Waals surface area contributed by atoms with Gasteiger partial charge in [0.1, 0.15) is 0 Å². The first kappa shape index (κ1) is 14.3. The van der Waals surface area contributed by atoms with Gasteiger partial charge in [0.05, 0.1) is 11.8 Å². The van der Waals surface area contributed by atoms with Gasteiger partial charge in [-0.05, 0) is 12.8 Å². The molecule has 5 nitrogen and oxygen atoms in total. The van der Waals surface area contributed by atoms with Crippen LogP contribution in [0.2, 0.25) is 0 Å². The summed E-state index contributed by atoms with van der Waals surface area (Å²) in [5, 5.41) is 3.60. The first-order valence-electron chi connectivity index (χ1n) is 6.13. The summed E-state index contributed by atoms with van der Waals surface area (Å²) in [5.41, 5.74) is 5.30. The molecule has 0 aliphatic carbocycles. The van der Waals surface area contributed by atoms with Gasteiger partial charge < -0.3 is 15.0 Å². The Balaban J connectivity index is 2.06. The summed E-state index contributed by atoms with van der Waals surface area (Å²) in [5.74, 6) is 0.405. The Labute approximate surface area is 108 Å². The smallest absolute Gasteiger partial charge is 0.381 e. The van der Waals surface area contributed by atoms with E-state index in [1.807, 2.05) is 0 Å². The fourth-order valence-electron chi connectivity index (χ4n) is 2.09. The van der Waals surface area contributed by atoms with Gasteiger partial charge in [0.15, 0.2) is 5.82 Å². The highest BCUT2D eigenvalue weighted by atomic mass is 19.4. The predicted octanol–water partition coefficient (Wildman–Crippen LogP) is 1.57. The molecule has 108 valence electrons. The Morgan fingerprint density at radius 2 is 1.95 bits per heavy atom. The van der Waals surface area contributed by atoms with Crippen LogP contribution in [0.15, 0.2) is 4.52 Å². The molecule has 1 aliphatic heterocycles. The third-order valence-corrected chi connectivity index (χ3v) is 3.39. The molecule has 0 amide bonds. The molecule has 8 heteroatoms. The lowest BCUT2D eigenvalue weighted by Crippen LogP contribution is -2.40. The molecule has 2 N–H and O–H groups in total. The maximum absolute atomic E-state index is 12.1. The second-order valence-corrected chi connectivity index (χ2v) is 4.73. The van der Waals surface area contributed by atoms with Crippen LogP contribution < -0.4 is 5.73 Å². The predicted molar refractivity (Wildman–Crippen MR) is 59.5 cm³/mol. The van der Waals surface area contributed by atoms with Gasteiger partial charge in [0, 0.05) is 26.2 Å². The molecular weight excluding hydrogens is 263 g/mol. The molecule has 0 saturated carbocycles. The van der Waals surface area contributed by atoms with Crippen LogP contribution >= 0.6 is 0 Å². The quantitative estimate of drug-likeness (QED) is 0.905. The van der Waals surface area contributed by atoms with Crippen molar-refractivity contribution in [2.75, 3.05) is 19.8 Å². The first-order valence-corrected chi connectivity index (χ1v) is 6.13. The number of rotatable bonds is 4. The Kier molecular flexibility index (Phi) is 4.10. The number of alkyl halides is 3. The van der Waals surface area contributed by atoms with E-state index in [1.54, 1.807) is 0 Å². The first-order chi connectivity index (χ1) is 8.95. The van der Waals surface area contributed by atoms with Crippen LogP contribution in [0, 0.1) is 0 Å². The molecule has 2 rings (SSSR count). The van der Waals surface area contributed by atoms with Gasteiger partial charge in [0.2, 0.25) is 5.89 Å². The third kappa shape index (κ3) is 3.44. The molecule has 1 fully saturated rings. The Bertz CT molecular complexity index is 414. The molecule has 0 atom stereocenters. The zero-order chi connectivity index (χ0) is 13.9. The number of nitrogens with zero attached hydrogens (tertiary/aromatic N) is 2. The monoisotopic (exact) mass is 279 g/mol.